The summed E-state index contributed by atoms with van der Waals surface area (Å²) in [5, 5.41) is 5.98. The molecule has 108 valence electrons. The zero-order chi connectivity index (χ0) is 14.6. The number of hydrogen-bond donors (Lipinski definition) is 2. The molecule has 0 aliphatic rings. The lowest BCUT2D eigenvalue weighted by atomic mass is 10.2. The van der Waals surface area contributed by atoms with Crippen LogP contribution in [0.5, 0.6) is 0 Å². The van der Waals surface area contributed by atoms with Gasteiger partial charge in [0.25, 0.3) is 0 Å². The molecule has 3 N–H and O–H groups in total. The molecule has 0 radical (unpaired) electrons. The van der Waals surface area contributed by atoms with E-state index in [9.17, 15) is 21.6 Å². The highest BCUT2D eigenvalue weighted by Crippen LogP contribution is 2.06. The molecule has 18 heavy (non-hydrogen) atoms. The van der Waals surface area contributed by atoms with Gasteiger partial charge in [-0.3, -0.25) is 4.79 Å². The molecule has 0 aliphatic heterocycles. The van der Waals surface area contributed by atoms with Gasteiger partial charge in [-0.25, -0.2) is 22.0 Å². The van der Waals surface area contributed by atoms with Crippen LogP contribution >= 0.6 is 0 Å². The lowest BCUT2D eigenvalue weighted by Crippen LogP contribution is -2.47. The maximum Gasteiger partial charge on any atom is 0.239 e. The molecule has 0 fully saturated rings. The molecule has 9 heteroatoms. The Morgan fingerprint density at radius 3 is 2.11 bits per heavy atom. The van der Waals surface area contributed by atoms with Gasteiger partial charge in [0.05, 0.1) is 5.75 Å². The number of rotatable bonds is 7. The average Bonchev–Trinajstić information content (AvgIpc) is 2.08. The van der Waals surface area contributed by atoms with E-state index in [4.69, 9.17) is 5.14 Å². The number of nitrogens with two attached hydrogens (primary N) is 1. The van der Waals surface area contributed by atoms with E-state index >= 15 is 0 Å². The summed E-state index contributed by atoms with van der Waals surface area (Å²) in [5.41, 5.74) is 0. The molecule has 0 aromatic heterocycles. The van der Waals surface area contributed by atoms with Crippen molar-refractivity contribution in [1.82, 2.24) is 5.32 Å². The number of carbonyl (C=O) groups is 1. The Morgan fingerprint density at radius 2 is 1.78 bits per heavy atom. The summed E-state index contributed by atoms with van der Waals surface area (Å²) in [7, 11) is -7.21. The third-order valence-corrected chi connectivity index (χ3v) is 4.53. The van der Waals surface area contributed by atoms with E-state index in [0.717, 1.165) is 6.26 Å². The fourth-order valence-corrected chi connectivity index (χ4v) is 3.46. The quantitative estimate of drug-likeness (QED) is 0.623. The normalized spacial score (nSPS) is 16.0. The minimum atomic E-state index is -3.98. The minimum absolute atomic E-state index is 0.107. The second-order valence-corrected chi connectivity index (χ2v) is 8.30. The van der Waals surface area contributed by atoms with Crippen LogP contribution in [0.1, 0.15) is 26.7 Å². The molecule has 1 amide bonds. The Bertz CT molecular complexity index is 483. The maximum atomic E-state index is 11.7. The predicted molar refractivity (Wildman–Crippen MR) is 69.1 cm³/mol. The van der Waals surface area contributed by atoms with E-state index in [0.29, 0.717) is 6.42 Å². The molecule has 0 aromatic carbocycles. The molecule has 0 aliphatic carbocycles. The van der Waals surface area contributed by atoms with Gasteiger partial charge < -0.3 is 5.32 Å². The Morgan fingerprint density at radius 1 is 1.28 bits per heavy atom. The van der Waals surface area contributed by atoms with E-state index in [-0.39, 0.29) is 12.2 Å². The molecule has 0 rings (SSSR count). The third-order valence-electron chi connectivity index (χ3n) is 2.18. The lowest BCUT2D eigenvalue weighted by molar-refractivity contribution is -0.121. The molecule has 0 spiro atoms. The van der Waals surface area contributed by atoms with Crippen molar-refractivity contribution in [1.29, 1.82) is 0 Å². The van der Waals surface area contributed by atoms with Gasteiger partial charge in [0, 0.05) is 12.3 Å². The number of sulfone groups is 1. The van der Waals surface area contributed by atoms with E-state index in [1.165, 1.54) is 6.92 Å². The summed E-state index contributed by atoms with van der Waals surface area (Å²) >= 11 is 0. The minimum Gasteiger partial charge on any atom is -0.351 e. The molecule has 7 nitrogen and oxygen atoms in total. The first kappa shape index (κ1) is 17.3. The molecule has 0 heterocycles. The van der Waals surface area contributed by atoms with E-state index in [2.05, 4.69) is 5.32 Å². The number of nitrogens with one attached hydrogen (secondary N) is 1. The zero-order valence-electron chi connectivity index (χ0n) is 10.7. The number of carbonyl (C=O) groups excluding carboxylic acids is 1. The lowest BCUT2D eigenvalue weighted by Gasteiger charge is -2.17. The van der Waals surface area contributed by atoms with Crippen molar-refractivity contribution in [3.8, 4) is 0 Å². The van der Waals surface area contributed by atoms with E-state index < -0.39 is 37.1 Å². The zero-order valence-corrected chi connectivity index (χ0v) is 12.3. The Kier molecular flexibility index (Phi) is 6.24. The van der Waals surface area contributed by atoms with Crippen LogP contribution in [0.15, 0.2) is 0 Å². The molecule has 2 atom stereocenters. The van der Waals surface area contributed by atoms with Crippen LogP contribution in [0.3, 0.4) is 0 Å². The van der Waals surface area contributed by atoms with E-state index in [1.807, 2.05) is 0 Å². The van der Waals surface area contributed by atoms with Crippen molar-refractivity contribution in [3.05, 3.63) is 0 Å². The Balaban J connectivity index is 4.73. The Labute approximate surface area is 108 Å². The van der Waals surface area contributed by atoms with Crippen molar-refractivity contribution in [2.24, 2.45) is 5.14 Å². The SMILES string of the molecule is CCCC(C(=O)NC(C)CS(C)(=O)=O)S(N)(=O)=O. The molecular formula is C9H20N2O5S2. The van der Waals surface area contributed by atoms with Crippen molar-refractivity contribution in [2.75, 3.05) is 12.0 Å². The van der Waals surface area contributed by atoms with Crippen molar-refractivity contribution >= 4 is 25.8 Å². The fraction of sp³-hybridized carbons (Fsp3) is 0.889. The van der Waals surface area contributed by atoms with Gasteiger partial charge in [-0.2, -0.15) is 0 Å². The molecule has 0 saturated carbocycles. The van der Waals surface area contributed by atoms with Crippen LogP contribution in [0.4, 0.5) is 0 Å². The molecular weight excluding hydrogens is 280 g/mol. The largest absolute Gasteiger partial charge is 0.351 e. The van der Waals surface area contributed by atoms with Crippen LogP contribution < -0.4 is 10.5 Å². The van der Waals surface area contributed by atoms with Gasteiger partial charge in [0.1, 0.15) is 9.84 Å². The highest BCUT2D eigenvalue weighted by Gasteiger charge is 2.29. The Hall–Kier alpha value is -0.670. The first-order valence-corrected chi connectivity index (χ1v) is 9.14. The van der Waals surface area contributed by atoms with Gasteiger partial charge in [0.2, 0.25) is 15.9 Å². The predicted octanol–water partition coefficient (Wildman–Crippen LogP) is -1.01. The second kappa shape index (κ2) is 6.48. The van der Waals surface area contributed by atoms with Crippen LogP contribution in [0.25, 0.3) is 0 Å². The van der Waals surface area contributed by atoms with E-state index in [1.54, 1.807) is 6.92 Å². The highest BCUT2D eigenvalue weighted by molar-refractivity contribution is 7.90. The van der Waals surface area contributed by atoms with Crippen molar-refractivity contribution < 1.29 is 21.6 Å². The topological polar surface area (TPSA) is 123 Å². The summed E-state index contributed by atoms with van der Waals surface area (Å²) in [6.07, 6.45) is 1.63. The third kappa shape index (κ3) is 6.92. The number of primary sulfonamides is 1. The van der Waals surface area contributed by atoms with Gasteiger partial charge >= 0.3 is 0 Å². The molecule has 0 saturated heterocycles. The average molecular weight is 300 g/mol. The van der Waals surface area contributed by atoms with Gasteiger partial charge in [-0.1, -0.05) is 13.3 Å². The molecule has 0 aromatic rings. The summed E-state index contributed by atoms with van der Waals surface area (Å²) < 4.78 is 44.5. The van der Waals surface area contributed by atoms with Crippen LogP contribution in [0, 0.1) is 0 Å². The molecule has 0 bridgehead atoms. The maximum absolute atomic E-state index is 11.7. The van der Waals surface area contributed by atoms with Crippen LogP contribution in [-0.4, -0.2) is 46.0 Å². The number of sulfonamides is 1. The first-order valence-electron chi connectivity index (χ1n) is 5.47. The van der Waals surface area contributed by atoms with Crippen molar-refractivity contribution in [3.63, 3.8) is 0 Å². The van der Waals surface area contributed by atoms with Crippen molar-refractivity contribution in [2.45, 2.75) is 38.0 Å². The monoisotopic (exact) mass is 300 g/mol. The number of amides is 1. The summed E-state index contributed by atoms with van der Waals surface area (Å²) in [6.45, 7) is 3.22. The van der Waals surface area contributed by atoms with Crippen LogP contribution in [-0.2, 0) is 24.7 Å². The van der Waals surface area contributed by atoms with Gasteiger partial charge in [-0.15, -0.1) is 0 Å². The second-order valence-electron chi connectivity index (χ2n) is 4.37. The number of hydrogen-bond acceptors (Lipinski definition) is 5. The van der Waals surface area contributed by atoms with Gasteiger partial charge in [0.15, 0.2) is 5.25 Å². The molecule has 2 unspecified atom stereocenters. The summed E-state index contributed by atoms with van der Waals surface area (Å²) in [4.78, 5) is 11.7. The summed E-state index contributed by atoms with van der Waals surface area (Å²) in [5.74, 6) is -1.00. The van der Waals surface area contributed by atoms with Crippen LogP contribution in [0.2, 0.25) is 0 Å². The highest BCUT2D eigenvalue weighted by atomic mass is 32.2. The standard InChI is InChI=1S/C9H20N2O5S2/c1-4-5-8(18(10,15)16)9(12)11-7(2)6-17(3,13)14/h7-8H,4-6H2,1-3H3,(H,11,12)(H2,10,15,16). The fourth-order valence-electron chi connectivity index (χ4n) is 1.54. The van der Waals surface area contributed by atoms with Gasteiger partial charge in [-0.05, 0) is 13.3 Å². The smallest absolute Gasteiger partial charge is 0.239 e. The summed E-state index contributed by atoms with van der Waals surface area (Å²) in [6, 6.07) is -0.659. The first-order chi connectivity index (χ1) is 7.97.